The molecule has 0 spiro atoms. The van der Waals surface area contributed by atoms with E-state index < -0.39 is 0 Å². The van der Waals surface area contributed by atoms with Crippen molar-refractivity contribution in [3.8, 4) is 10.7 Å². The van der Waals surface area contributed by atoms with Gasteiger partial charge in [-0.2, -0.15) is 0 Å². The Hall–Kier alpha value is -1.87. The lowest BCUT2D eigenvalue weighted by atomic mass is 10.1. The van der Waals surface area contributed by atoms with Crippen LogP contribution in [0.15, 0.2) is 54.2 Å². The van der Waals surface area contributed by atoms with Crippen LogP contribution in [0.2, 0.25) is 0 Å². The number of hydrogen-bond donors (Lipinski definition) is 0. The van der Waals surface area contributed by atoms with Gasteiger partial charge in [-0.3, -0.25) is 0 Å². The van der Waals surface area contributed by atoms with E-state index >= 15 is 0 Å². The lowest BCUT2D eigenvalue weighted by Crippen LogP contribution is -2.00. The Morgan fingerprint density at radius 1 is 1.11 bits per heavy atom. The SMILES string of the molecule is CCc1ccc(Cn2ccnc2-c2cccs2)cc1. The predicted molar refractivity (Wildman–Crippen MR) is 80.5 cm³/mol. The smallest absolute Gasteiger partial charge is 0.150 e. The molecule has 2 nitrogen and oxygen atoms in total. The zero-order chi connectivity index (χ0) is 13.1. The normalized spacial score (nSPS) is 10.8. The van der Waals surface area contributed by atoms with Crippen molar-refractivity contribution in [3.05, 3.63) is 65.3 Å². The van der Waals surface area contributed by atoms with Gasteiger partial charge in [-0.25, -0.2) is 4.98 Å². The predicted octanol–water partition coefficient (Wildman–Crippen LogP) is 4.22. The molecule has 0 bridgehead atoms. The first kappa shape index (κ1) is 12.2. The fraction of sp³-hybridized carbons (Fsp3) is 0.188. The Kier molecular flexibility index (Phi) is 3.47. The van der Waals surface area contributed by atoms with E-state index in [1.807, 2.05) is 12.4 Å². The Bertz CT molecular complexity index is 636. The van der Waals surface area contributed by atoms with Gasteiger partial charge in [-0.05, 0) is 29.0 Å². The minimum absolute atomic E-state index is 0.872. The Morgan fingerprint density at radius 2 is 1.89 bits per heavy atom. The van der Waals surface area contributed by atoms with Gasteiger partial charge >= 0.3 is 0 Å². The molecule has 0 aliphatic carbocycles. The number of benzene rings is 1. The van der Waals surface area contributed by atoms with E-state index in [9.17, 15) is 0 Å². The van der Waals surface area contributed by atoms with Crippen molar-refractivity contribution in [3.63, 3.8) is 0 Å². The molecule has 0 atom stereocenters. The molecular weight excluding hydrogens is 252 g/mol. The fourth-order valence-electron chi connectivity index (χ4n) is 2.14. The van der Waals surface area contributed by atoms with Gasteiger partial charge in [0.1, 0.15) is 5.82 Å². The molecule has 3 heteroatoms. The van der Waals surface area contributed by atoms with E-state index in [0.717, 1.165) is 18.8 Å². The molecule has 0 radical (unpaired) electrons. The maximum Gasteiger partial charge on any atom is 0.150 e. The second-order valence-corrected chi connectivity index (χ2v) is 5.47. The zero-order valence-corrected chi connectivity index (χ0v) is 11.7. The van der Waals surface area contributed by atoms with Gasteiger partial charge in [0.25, 0.3) is 0 Å². The van der Waals surface area contributed by atoms with E-state index in [0.29, 0.717) is 0 Å². The monoisotopic (exact) mass is 268 g/mol. The second kappa shape index (κ2) is 5.41. The summed E-state index contributed by atoms with van der Waals surface area (Å²) in [6.07, 6.45) is 5.00. The van der Waals surface area contributed by atoms with Crippen LogP contribution in [0.5, 0.6) is 0 Å². The summed E-state index contributed by atoms with van der Waals surface area (Å²) in [5.74, 6) is 1.05. The molecule has 3 aromatic rings. The number of hydrogen-bond acceptors (Lipinski definition) is 2. The van der Waals surface area contributed by atoms with E-state index in [1.54, 1.807) is 11.3 Å². The average molecular weight is 268 g/mol. The molecule has 96 valence electrons. The zero-order valence-electron chi connectivity index (χ0n) is 10.9. The topological polar surface area (TPSA) is 17.8 Å². The van der Waals surface area contributed by atoms with Crippen LogP contribution < -0.4 is 0 Å². The van der Waals surface area contributed by atoms with Gasteiger partial charge in [-0.1, -0.05) is 37.3 Å². The van der Waals surface area contributed by atoms with E-state index in [1.165, 1.54) is 16.0 Å². The van der Waals surface area contributed by atoms with E-state index in [2.05, 4.69) is 58.3 Å². The maximum absolute atomic E-state index is 4.46. The van der Waals surface area contributed by atoms with Gasteiger partial charge < -0.3 is 4.57 Å². The first-order valence-corrected chi connectivity index (χ1v) is 7.37. The molecule has 2 aromatic heterocycles. The molecule has 0 aliphatic rings. The van der Waals surface area contributed by atoms with Crippen molar-refractivity contribution in [2.75, 3.05) is 0 Å². The summed E-state index contributed by atoms with van der Waals surface area (Å²) < 4.78 is 2.20. The standard InChI is InChI=1S/C16H16N2S/c1-2-13-5-7-14(8-6-13)12-18-10-9-17-16(18)15-4-3-11-19-15/h3-11H,2,12H2,1H3. The molecular formula is C16H16N2S. The Balaban J connectivity index is 1.85. The molecule has 0 amide bonds. The molecule has 0 aliphatic heterocycles. The first-order valence-electron chi connectivity index (χ1n) is 6.49. The number of rotatable bonds is 4. The average Bonchev–Trinajstić information content (AvgIpc) is 3.10. The highest BCUT2D eigenvalue weighted by Gasteiger charge is 2.07. The molecule has 1 aromatic carbocycles. The highest BCUT2D eigenvalue weighted by Crippen LogP contribution is 2.23. The summed E-state index contributed by atoms with van der Waals surface area (Å²) in [7, 11) is 0. The minimum Gasteiger partial charge on any atom is -0.326 e. The van der Waals surface area contributed by atoms with Crippen molar-refractivity contribution >= 4 is 11.3 Å². The third kappa shape index (κ3) is 2.61. The first-order chi connectivity index (χ1) is 9.36. The van der Waals surface area contributed by atoms with Gasteiger partial charge in [0.05, 0.1) is 4.88 Å². The lowest BCUT2D eigenvalue weighted by molar-refractivity contribution is 0.808. The van der Waals surface area contributed by atoms with Crippen molar-refractivity contribution in [2.45, 2.75) is 19.9 Å². The highest BCUT2D eigenvalue weighted by atomic mass is 32.1. The van der Waals surface area contributed by atoms with Crippen LogP contribution in [0.3, 0.4) is 0 Å². The molecule has 0 unspecified atom stereocenters. The van der Waals surface area contributed by atoms with Gasteiger partial charge in [0.15, 0.2) is 0 Å². The summed E-state index contributed by atoms with van der Waals surface area (Å²) in [5.41, 5.74) is 2.70. The number of aromatic nitrogens is 2. The molecule has 0 N–H and O–H groups in total. The molecule has 0 fully saturated rings. The third-order valence-corrected chi connectivity index (χ3v) is 4.11. The van der Waals surface area contributed by atoms with Crippen LogP contribution in [-0.2, 0) is 13.0 Å². The van der Waals surface area contributed by atoms with Crippen LogP contribution in [0.25, 0.3) is 10.7 Å². The number of nitrogens with zero attached hydrogens (tertiary/aromatic N) is 2. The number of thiophene rings is 1. The van der Waals surface area contributed by atoms with Crippen molar-refractivity contribution in [2.24, 2.45) is 0 Å². The van der Waals surface area contributed by atoms with Crippen molar-refractivity contribution in [1.82, 2.24) is 9.55 Å². The quantitative estimate of drug-likeness (QED) is 0.692. The largest absolute Gasteiger partial charge is 0.326 e. The minimum atomic E-state index is 0.872. The molecule has 0 saturated heterocycles. The van der Waals surface area contributed by atoms with Crippen LogP contribution in [0.1, 0.15) is 18.1 Å². The molecule has 3 rings (SSSR count). The van der Waals surface area contributed by atoms with Crippen LogP contribution >= 0.6 is 11.3 Å². The summed E-state index contributed by atoms with van der Waals surface area (Å²) in [6, 6.07) is 13.0. The summed E-state index contributed by atoms with van der Waals surface area (Å²) in [4.78, 5) is 5.68. The third-order valence-electron chi connectivity index (χ3n) is 3.24. The Labute approximate surface area is 117 Å². The Morgan fingerprint density at radius 3 is 2.58 bits per heavy atom. The van der Waals surface area contributed by atoms with E-state index in [-0.39, 0.29) is 0 Å². The molecule has 19 heavy (non-hydrogen) atoms. The fourth-order valence-corrected chi connectivity index (χ4v) is 2.88. The maximum atomic E-state index is 4.46. The van der Waals surface area contributed by atoms with Crippen molar-refractivity contribution < 1.29 is 0 Å². The second-order valence-electron chi connectivity index (χ2n) is 4.53. The van der Waals surface area contributed by atoms with Crippen LogP contribution in [0.4, 0.5) is 0 Å². The molecule has 0 saturated carbocycles. The van der Waals surface area contributed by atoms with Crippen molar-refractivity contribution in [1.29, 1.82) is 0 Å². The number of aryl methyl sites for hydroxylation is 1. The van der Waals surface area contributed by atoms with Gasteiger partial charge in [0.2, 0.25) is 0 Å². The summed E-state index contributed by atoms with van der Waals surface area (Å²) in [6.45, 7) is 3.05. The van der Waals surface area contributed by atoms with Gasteiger partial charge in [0, 0.05) is 18.9 Å². The number of imidazole rings is 1. The lowest BCUT2D eigenvalue weighted by Gasteiger charge is -2.07. The van der Waals surface area contributed by atoms with Crippen LogP contribution in [0, 0.1) is 0 Å². The summed E-state index contributed by atoms with van der Waals surface area (Å²) >= 11 is 1.73. The highest BCUT2D eigenvalue weighted by molar-refractivity contribution is 7.13. The molecule has 2 heterocycles. The van der Waals surface area contributed by atoms with Crippen LogP contribution in [-0.4, -0.2) is 9.55 Å². The summed E-state index contributed by atoms with van der Waals surface area (Å²) in [5, 5.41) is 2.09. The van der Waals surface area contributed by atoms with Gasteiger partial charge in [-0.15, -0.1) is 11.3 Å². The van der Waals surface area contributed by atoms with E-state index in [4.69, 9.17) is 0 Å².